The van der Waals surface area contributed by atoms with Crippen molar-refractivity contribution in [3.63, 3.8) is 0 Å². The molecule has 0 amide bonds. The van der Waals surface area contributed by atoms with Crippen molar-refractivity contribution in [1.29, 1.82) is 0 Å². The van der Waals surface area contributed by atoms with E-state index in [1.165, 1.54) is 0 Å². The Morgan fingerprint density at radius 3 is 1.63 bits per heavy atom. The van der Waals surface area contributed by atoms with Gasteiger partial charge in [-0.3, -0.25) is 0 Å². The molecule has 0 aliphatic rings. The van der Waals surface area contributed by atoms with Gasteiger partial charge in [-0.2, -0.15) is 0 Å². The number of ether oxygens (including phenoxy) is 3. The van der Waals surface area contributed by atoms with Gasteiger partial charge in [-0.25, -0.2) is 9.59 Å². The molecular weight excluding hydrogens is 351 g/mol. The number of rotatable bonds is 7. The molecule has 0 fully saturated rings. The zero-order valence-corrected chi connectivity index (χ0v) is 15.3. The molecule has 0 unspecified atom stereocenters. The maximum absolute atomic E-state index is 10.9. The van der Waals surface area contributed by atoms with Gasteiger partial charge in [0, 0.05) is 0 Å². The molecule has 0 bridgehead atoms. The fraction of sp³-hybridized carbons (Fsp3) is 0.222. The molecule has 2 aromatic carbocycles. The minimum absolute atomic E-state index is 0. The molecule has 0 aliphatic carbocycles. The average Bonchev–Trinajstić information content (AvgIpc) is 2.61. The number of hydrogen-bond donors (Lipinski definition) is 1. The first-order chi connectivity index (χ1) is 11.6. The number of benzene rings is 2. The fourth-order valence-electron chi connectivity index (χ4n) is 1.52. The van der Waals surface area contributed by atoms with Crippen molar-refractivity contribution in [2.75, 3.05) is 19.8 Å². The minimum Gasteiger partial charge on any atom is -0.870 e. The fourth-order valence-corrected chi connectivity index (χ4v) is 1.52. The van der Waals surface area contributed by atoms with Gasteiger partial charge >= 0.3 is 30.8 Å². The molecule has 0 saturated carbocycles. The van der Waals surface area contributed by atoms with E-state index >= 15 is 0 Å². The van der Waals surface area contributed by atoms with E-state index in [1.807, 2.05) is 24.3 Å². The van der Waals surface area contributed by atoms with Crippen LogP contribution < -0.4 is 28.3 Å². The molecule has 0 aliphatic heterocycles. The Hall–Kier alpha value is -2.50. The van der Waals surface area contributed by atoms with Crippen molar-refractivity contribution >= 4 is 11.9 Å². The first-order valence-electron chi connectivity index (χ1n) is 7.35. The molecule has 144 valence electrons. The van der Waals surface area contributed by atoms with Crippen LogP contribution >= 0.6 is 0 Å². The molecule has 0 radical (unpaired) electrons. The minimum atomic E-state index is -0.964. The summed E-state index contributed by atoms with van der Waals surface area (Å²) in [5.74, 6) is -0.0503. The van der Waals surface area contributed by atoms with Gasteiger partial charge in [-0.1, -0.05) is 36.4 Å². The Morgan fingerprint density at radius 2 is 1.26 bits per heavy atom. The van der Waals surface area contributed by atoms with E-state index in [0.717, 1.165) is 0 Å². The Bertz CT molecular complexity index is 607. The van der Waals surface area contributed by atoms with E-state index < -0.39 is 5.97 Å². The Kier molecular flexibility index (Phi) is 19.8. The quantitative estimate of drug-likeness (QED) is 0.472. The molecule has 2 rings (SSSR count). The van der Waals surface area contributed by atoms with Crippen LogP contribution in [0.25, 0.3) is 0 Å². The number of para-hydroxylation sites is 2. The third-order valence-electron chi connectivity index (χ3n) is 2.51. The summed E-state index contributed by atoms with van der Waals surface area (Å²) in [5, 5.41) is 8.25. The number of aliphatic carboxylic acids is 1. The van der Waals surface area contributed by atoms with Gasteiger partial charge in [0.25, 0.3) is 0 Å². The van der Waals surface area contributed by atoms with E-state index in [4.69, 9.17) is 19.3 Å². The summed E-state index contributed by atoms with van der Waals surface area (Å²) in [7, 11) is 0. The van der Waals surface area contributed by atoms with Crippen molar-refractivity contribution in [2.24, 2.45) is 0 Å². The van der Waals surface area contributed by atoms with Gasteiger partial charge in [0.1, 0.15) is 11.5 Å². The average molecular weight is 374 g/mol. The molecular formula is C18H23LiO8. The first kappa shape index (κ1) is 29.3. The third-order valence-corrected chi connectivity index (χ3v) is 2.51. The van der Waals surface area contributed by atoms with Gasteiger partial charge in [0.2, 0.25) is 0 Å². The SMILES string of the molecule is CCOC(=O)COc1ccccc1.O.O=C(O)COc1ccccc1.[Li+].[OH-]. The van der Waals surface area contributed by atoms with Crippen LogP contribution in [0.2, 0.25) is 0 Å². The second-order valence-electron chi connectivity index (χ2n) is 4.40. The van der Waals surface area contributed by atoms with Crippen molar-refractivity contribution in [3.8, 4) is 11.5 Å². The van der Waals surface area contributed by atoms with Crippen LogP contribution in [0.1, 0.15) is 6.92 Å². The Labute approximate surface area is 169 Å². The van der Waals surface area contributed by atoms with Gasteiger partial charge in [-0.05, 0) is 31.2 Å². The number of hydrogen-bond acceptors (Lipinski definition) is 6. The summed E-state index contributed by atoms with van der Waals surface area (Å²) >= 11 is 0. The van der Waals surface area contributed by atoms with Crippen LogP contribution in [0, 0.1) is 0 Å². The zero-order chi connectivity index (χ0) is 17.6. The number of carboxylic acids is 1. The van der Waals surface area contributed by atoms with E-state index in [9.17, 15) is 9.59 Å². The second kappa shape index (κ2) is 18.3. The normalized spacial score (nSPS) is 8.19. The summed E-state index contributed by atoms with van der Waals surface area (Å²) < 4.78 is 14.7. The number of carbonyl (C=O) groups excluding carboxylic acids is 1. The smallest absolute Gasteiger partial charge is 0.870 e. The molecule has 27 heavy (non-hydrogen) atoms. The molecule has 0 saturated heterocycles. The van der Waals surface area contributed by atoms with Gasteiger partial charge < -0.3 is 30.3 Å². The largest absolute Gasteiger partial charge is 1.00 e. The van der Waals surface area contributed by atoms with Gasteiger partial charge in [0.05, 0.1) is 6.61 Å². The van der Waals surface area contributed by atoms with Crippen molar-refractivity contribution < 1.29 is 58.7 Å². The van der Waals surface area contributed by atoms with E-state index in [2.05, 4.69) is 0 Å². The second-order valence-corrected chi connectivity index (χ2v) is 4.40. The number of esters is 1. The molecule has 0 heterocycles. The summed E-state index contributed by atoms with van der Waals surface area (Å²) in [6.45, 7) is 1.83. The molecule has 8 nitrogen and oxygen atoms in total. The molecule has 0 spiro atoms. The van der Waals surface area contributed by atoms with E-state index in [-0.39, 0.29) is 49.0 Å². The first-order valence-corrected chi connectivity index (χ1v) is 7.35. The zero-order valence-electron chi connectivity index (χ0n) is 15.3. The number of carbonyl (C=O) groups is 2. The third kappa shape index (κ3) is 15.5. The summed E-state index contributed by atoms with van der Waals surface area (Å²) in [6, 6.07) is 18.0. The van der Waals surface area contributed by atoms with Crippen LogP contribution in [0.3, 0.4) is 0 Å². The molecule has 0 atom stereocenters. The molecule has 2 aromatic rings. The topological polar surface area (TPSA) is 144 Å². The maximum atomic E-state index is 10.9. The Morgan fingerprint density at radius 1 is 0.852 bits per heavy atom. The molecule has 0 aromatic heterocycles. The van der Waals surface area contributed by atoms with Crippen LogP contribution in [0.15, 0.2) is 60.7 Å². The monoisotopic (exact) mass is 374 g/mol. The standard InChI is InChI=1S/C10H12O3.C8H8O3.Li.2H2O/c1-2-12-10(11)8-13-9-6-4-3-5-7-9;9-8(10)6-11-7-4-2-1-3-5-7;;;/h3-7H,2,8H2,1H3;1-5H,6H2,(H,9,10);;2*1H2/q;;+1;;/p-1. The van der Waals surface area contributed by atoms with Gasteiger partial charge in [0.15, 0.2) is 13.2 Å². The molecule has 9 heteroatoms. The predicted octanol–water partition coefficient (Wildman–Crippen LogP) is -1.22. The summed E-state index contributed by atoms with van der Waals surface area (Å²) in [4.78, 5) is 20.9. The van der Waals surface area contributed by atoms with E-state index in [1.54, 1.807) is 43.3 Å². The van der Waals surface area contributed by atoms with Crippen molar-refractivity contribution in [3.05, 3.63) is 60.7 Å². The van der Waals surface area contributed by atoms with E-state index in [0.29, 0.717) is 18.1 Å². The Balaban J connectivity index is -0.000000388. The van der Waals surface area contributed by atoms with Crippen LogP contribution in [-0.4, -0.2) is 47.8 Å². The molecule has 4 N–H and O–H groups in total. The van der Waals surface area contributed by atoms with Crippen LogP contribution in [-0.2, 0) is 14.3 Å². The van der Waals surface area contributed by atoms with Gasteiger partial charge in [-0.15, -0.1) is 0 Å². The number of carboxylic acid groups (broad SMARTS) is 1. The summed E-state index contributed by atoms with van der Waals surface area (Å²) in [6.07, 6.45) is 0. The van der Waals surface area contributed by atoms with Crippen LogP contribution in [0.4, 0.5) is 0 Å². The predicted molar refractivity (Wildman–Crippen MR) is 93.7 cm³/mol. The summed E-state index contributed by atoms with van der Waals surface area (Å²) in [5.41, 5.74) is 0. The van der Waals surface area contributed by atoms with Crippen molar-refractivity contribution in [2.45, 2.75) is 6.92 Å². The van der Waals surface area contributed by atoms with Crippen molar-refractivity contribution in [1.82, 2.24) is 0 Å². The van der Waals surface area contributed by atoms with Crippen LogP contribution in [0.5, 0.6) is 11.5 Å². The maximum Gasteiger partial charge on any atom is 1.00 e.